The number of non-ortho nitro benzene ring substituents is 1. The number of imidazole rings is 1. The van der Waals surface area contributed by atoms with E-state index in [4.69, 9.17) is 14.2 Å². The molecule has 0 aliphatic heterocycles. The summed E-state index contributed by atoms with van der Waals surface area (Å²) in [5.41, 5.74) is 3.55. The van der Waals surface area contributed by atoms with Crippen molar-refractivity contribution in [3.05, 3.63) is 106 Å². The Bertz CT molecular complexity index is 1630. The SMILES string of the molecule is CCCCOC(=O)c1cc(C(Cc2ncc(-c3ccc([N+](=O)[O-])cc3)[nH]2)NC(=O)CCCc2ccc(OC)cc2)ccc1OCCCC. The Hall–Kier alpha value is -5.19. The van der Waals surface area contributed by atoms with Crippen molar-refractivity contribution < 1.29 is 28.7 Å². The van der Waals surface area contributed by atoms with Crippen molar-refractivity contribution in [1.29, 1.82) is 0 Å². The molecule has 0 bridgehead atoms. The lowest BCUT2D eigenvalue weighted by Crippen LogP contribution is -2.30. The van der Waals surface area contributed by atoms with Crippen LogP contribution in [0.5, 0.6) is 11.5 Å². The first-order valence-corrected chi connectivity index (χ1v) is 16.5. The van der Waals surface area contributed by atoms with Gasteiger partial charge in [0.15, 0.2) is 0 Å². The number of nitrogens with zero attached hydrogens (tertiary/aromatic N) is 2. The highest BCUT2D eigenvalue weighted by molar-refractivity contribution is 5.93. The van der Waals surface area contributed by atoms with Gasteiger partial charge in [-0.25, -0.2) is 9.78 Å². The van der Waals surface area contributed by atoms with Gasteiger partial charge < -0.3 is 24.5 Å². The van der Waals surface area contributed by atoms with Gasteiger partial charge in [0.1, 0.15) is 22.9 Å². The molecule has 1 unspecified atom stereocenters. The Morgan fingerprint density at radius 2 is 1.69 bits per heavy atom. The Morgan fingerprint density at radius 1 is 0.958 bits per heavy atom. The summed E-state index contributed by atoms with van der Waals surface area (Å²) >= 11 is 0. The standard InChI is InChI=1S/C37H44N4O7/c1-4-6-21-47-34-20-15-28(23-31(34)37(43)48-22-7-5-2)32(40-36(42)10-8-9-26-11-18-30(46-3)19-12-26)24-35-38-25-33(39-35)27-13-16-29(17-14-27)41(44)45/h11-20,23,25,32H,4-10,21-22,24H2,1-3H3,(H,38,39)(H,40,42). The topological polar surface area (TPSA) is 146 Å². The van der Waals surface area contributed by atoms with Crippen molar-refractivity contribution in [3.63, 3.8) is 0 Å². The maximum atomic E-state index is 13.3. The maximum Gasteiger partial charge on any atom is 0.341 e. The van der Waals surface area contributed by atoms with Crippen molar-refractivity contribution in [2.24, 2.45) is 0 Å². The summed E-state index contributed by atoms with van der Waals surface area (Å²) in [6.45, 7) is 4.87. The van der Waals surface area contributed by atoms with E-state index >= 15 is 0 Å². The van der Waals surface area contributed by atoms with Gasteiger partial charge in [-0.05, 0) is 73.2 Å². The van der Waals surface area contributed by atoms with E-state index in [1.807, 2.05) is 37.3 Å². The number of carbonyl (C=O) groups excluding carboxylic acids is 2. The Labute approximate surface area is 281 Å². The normalized spacial score (nSPS) is 11.5. The molecule has 0 saturated heterocycles. The molecule has 4 aromatic rings. The van der Waals surface area contributed by atoms with Gasteiger partial charge >= 0.3 is 5.97 Å². The number of methoxy groups -OCH3 is 1. The first-order valence-electron chi connectivity index (χ1n) is 16.5. The number of benzene rings is 3. The molecule has 254 valence electrons. The van der Waals surface area contributed by atoms with Gasteiger partial charge in [0.25, 0.3) is 5.69 Å². The molecule has 11 nitrogen and oxygen atoms in total. The Kier molecular flexibility index (Phi) is 13.5. The molecule has 1 atom stereocenters. The van der Waals surface area contributed by atoms with Crippen LogP contribution >= 0.6 is 0 Å². The quantitative estimate of drug-likeness (QED) is 0.0455. The zero-order valence-corrected chi connectivity index (χ0v) is 27.8. The summed E-state index contributed by atoms with van der Waals surface area (Å²) in [4.78, 5) is 45.0. The van der Waals surface area contributed by atoms with Crippen LogP contribution in [0, 0.1) is 10.1 Å². The van der Waals surface area contributed by atoms with Gasteiger partial charge in [-0.3, -0.25) is 14.9 Å². The smallest absolute Gasteiger partial charge is 0.341 e. The van der Waals surface area contributed by atoms with Crippen LogP contribution in [-0.4, -0.2) is 47.1 Å². The van der Waals surface area contributed by atoms with Gasteiger partial charge in [0.2, 0.25) is 5.91 Å². The highest BCUT2D eigenvalue weighted by Gasteiger charge is 2.22. The lowest BCUT2D eigenvalue weighted by molar-refractivity contribution is -0.384. The van der Waals surface area contributed by atoms with Crippen molar-refractivity contribution in [1.82, 2.24) is 15.3 Å². The highest BCUT2D eigenvalue weighted by Crippen LogP contribution is 2.28. The number of aryl methyl sites for hydroxylation is 1. The molecule has 0 aliphatic carbocycles. The highest BCUT2D eigenvalue weighted by atomic mass is 16.6. The van der Waals surface area contributed by atoms with Crippen LogP contribution in [0.15, 0.2) is 72.9 Å². The average Bonchev–Trinajstić information content (AvgIpc) is 3.57. The number of ether oxygens (including phenoxy) is 3. The van der Waals surface area contributed by atoms with Crippen LogP contribution < -0.4 is 14.8 Å². The minimum atomic E-state index is -0.527. The monoisotopic (exact) mass is 656 g/mol. The number of rotatable bonds is 19. The zero-order chi connectivity index (χ0) is 34.3. The van der Waals surface area contributed by atoms with Crippen LogP contribution in [0.1, 0.15) is 85.7 Å². The molecule has 48 heavy (non-hydrogen) atoms. The summed E-state index contributed by atoms with van der Waals surface area (Å²) in [6.07, 6.45) is 7.09. The molecule has 1 aromatic heterocycles. The first-order chi connectivity index (χ1) is 23.3. The average molecular weight is 657 g/mol. The molecule has 0 spiro atoms. The largest absolute Gasteiger partial charge is 0.497 e. The molecule has 1 heterocycles. The van der Waals surface area contributed by atoms with E-state index in [0.29, 0.717) is 60.9 Å². The zero-order valence-electron chi connectivity index (χ0n) is 27.8. The molecule has 0 fully saturated rings. The summed E-state index contributed by atoms with van der Waals surface area (Å²) in [5.74, 6) is 1.22. The fourth-order valence-electron chi connectivity index (χ4n) is 5.10. The number of nitrogens with one attached hydrogen (secondary N) is 2. The molecular weight excluding hydrogens is 612 g/mol. The number of carbonyl (C=O) groups is 2. The third kappa shape index (κ3) is 10.4. The minimum absolute atomic E-state index is 0.000554. The van der Waals surface area contributed by atoms with Gasteiger partial charge in [-0.1, -0.05) is 44.9 Å². The Morgan fingerprint density at radius 3 is 2.38 bits per heavy atom. The molecule has 4 rings (SSSR count). The van der Waals surface area contributed by atoms with Crippen molar-refractivity contribution in [2.45, 2.75) is 71.3 Å². The molecule has 3 aromatic carbocycles. The summed E-state index contributed by atoms with van der Waals surface area (Å²) < 4.78 is 16.8. The number of unbranched alkanes of at least 4 members (excludes halogenated alkanes) is 2. The van der Waals surface area contributed by atoms with E-state index in [1.54, 1.807) is 37.6 Å². The third-order valence-electron chi connectivity index (χ3n) is 7.89. The number of nitro groups is 1. The number of hydrogen-bond donors (Lipinski definition) is 2. The van der Waals surface area contributed by atoms with Crippen molar-refractivity contribution in [3.8, 4) is 22.8 Å². The summed E-state index contributed by atoms with van der Waals surface area (Å²) in [5, 5.41) is 14.2. The second kappa shape index (κ2) is 18.2. The van der Waals surface area contributed by atoms with Crippen LogP contribution in [0.2, 0.25) is 0 Å². The Balaban J connectivity index is 1.56. The number of hydrogen-bond acceptors (Lipinski definition) is 8. The second-order valence-electron chi connectivity index (χ2n) is 11.5. The summed E-state index contributed by atoms with van der Waals surface area (Å²) in [6, 6.07) is 18.8. The lowest BCUT2D eigenvalue weighted by atomic mass is 9.99. The number of amides is 1. The van der Waals surface area contributed by atoms with Crippen LogP contribution in [-0.2, 0) is 22.4 Å². The molecule has 2 N–H and O–H groups in total. The van der Waals surface area contributed by atoms with Crippen LogP contribution in [0.25, 0.3) is 11.3 Å². The van der Waals surface area contributed by atoms with Gasteiger partial charge in [0, 0.05) is 30.5 Å². The predicted molar refractivity (Wildman–Crippen MR) is 183 cm³/mol. The van der Waals surface area contributed by atoms with E-state index in [0.717, 1.165) is 49.0 Å². The van der Waals surface area contributed by atoms with Gasteiger partial charge in [-0.2, -0.15) is 0 Å². The van der Waals surface area contributed by atoms with Crippen molar-refractivity contribution in [2.75, 3.05) is 20.3 Å². The number of aromatic amines is 1. The predicted octanol–water partition coefficient (Wildman–Crippen LogP) is 7.55. The maximum absolute atomic E-state index is 13.3. The van der Waals surface area contributed by atoms with Gasteiger partial charge in [0.05, 0.1) is 43.2 Å². The molecule has 11 heteroatoms. The number of esters is 1. The summed E-state index contributed by atoms with van der Waals surface area (Å²) in [7, 11) is 1.63. The minimum Gasteiger partial charge on any atom is -0.497 e. The van der Waals surface area contributed by atoms with Crippen molar-refractivity contribution >= 4 is 17.6 Å². The van der Waals surface area contributed by atoms with Crippen LogP contribution in [0.4, 0.5) is 5.69 Å². The van der Waals surface area contributed by atoms with E-state index in [1.165, 1.54) is 12.1 Å². The molecule has 0 radical (unpaired) electrons. The molecule has 1 amide bonds. The van der Waals surface area contributed by atoms with Gasteiger partial charge in [-0.15, -0.1) is 0 Å². The molecule has 0 saturated carbocycles. The fraction of sp³-hybridized carbons (Fsp3) is 0.378. The second-order valence-corrected chi connectivity index (χ2v) is 11.5. The first kappa shape index (κ1) is 35.7. The number of aromatic nitrogens is 2. The number of H-pyrrole nitrogens is 1. The third-order valence-corrected chi connectivity index (χ3v) is 7.89. The fourth-order valence-corrected chi connectivity index (χ4v) is 5.10. The van der Waals surface area contributed by atoms with Crippen LogP contribution in [0.3, 0.4) is 0 Å². The van der Waals surface area contributed by atoms with E-state index in [9.17, 15) is 19.7 Å². The van der Waals surface area contributed by atoms with E-state index in [-0.39, 0.29) is 11.6 Å². The molecule has 0 aliphatic rings. The molecular formula is C37H44N4O7. The lowest BCUT2D eigenvalue weighted by Gasteiger charge is -2.20. The number of nitro benzene ring substituents is 1. The van der Waals surface area contributed by atoms with E-state index in [2.05, 4.69) is 22.2 Å². The van der Waals surface area contributed by atoms with E-state index < -0.39 is 16.9 Å².